The van der Waals surface area contributed by atoms with Gasteiger partial charge in [-0.1, -0.05) is 6.07 Å². The topological polar surface area (TPSA) is 86.5 Å². The lowest BCUT2D eigenvalue weighted by molar-refractivity contribution is 0.0635. The number of carbonyl (C=O) groups excluding carboxylic acids is 1. The van der Waals surface area contributed by atoms with Crippen molar-refractivity contribution in [1.29, 1.82) is 0 Å². The molecule has 0 aliphatic carbocycles. The molecule has 0 aliphatic heterocycles. The van der Waals surface area contributed by atoms with E-state index in [0.717, 1.165) is 11.3 Å². The maximum Gasteiger partial charge on any atom is 0.412 e. The van der Waals surface area contributed by atoms with Gasteiger partial charge in [0.2, 0.25) is 0 Å². The van der Waals surface area contributed by atoms with Crippen LogP contribution in [0.3, 0.4) is 0 Å². The van der Waals surface area contributed by atoms with Crippen molar-refractivity contribution in [3.63, 3.8) is 0 Å². The maximum atomic E-state index is 11.8. The van der Waals surface area contributed by atoms with Gasteiger partial charge in [-0.3, -0.25) is 5.32 Å². The average Bonchev–Trinajstić information content (AvgIpc) is 2.83. The van der Waals surface area contributed by atoms with Gasteiger partial charge >= 0.3 is 6.09 Å². The van der Waals surface area contributed by atoms with Crippen LogP contribution in [0.1, 0.15) is 20.8 Å². The van der Waals surface area contributed by atoms with Gasteiger partial charge in [0, 0.05) is 10.9 Å². The molecule has 0 fully saturated rings. The summed E-state index contributed by atoms with van der Waals surface area (Å²) in [6.07, 6.45) is -0.531. The minimum Gasteiger partial charge on any atom is -0.495 e. The predicted octanol–water partition coefficient (Wildman–Crippen LogP) is 3.75. The van der Waals surface area contributed by atoms with Crippen molar-refractivity contribution < 1.29 is 14.3 Å². The third kappa shape index (κ3) is 4.11. The fraction of sp³-hybridized carbons (Fsp3) is 0.333. The van der Waals surface area contributed by atoms with Crippen molar-refractivity contribution >= 4 is 28.2 Å². The summed E-state index contributed by atoms with van der Waals surface area (Å²) in [4.78, 5) is 16.1. The second-order valence-electron chi connectivity index (χ2n) is 5.61. The van der Waals surface area contributed by atoms with Crippen LogP contribution < -0.4 is 15.8 Å². The van der Waals surface area contributed by atoms with Crippen molar-refractivity contribution in [3.05, 3.63) is 23.6 Å². The van der Waals surface area contributed by atoms with Crippen molar-refractivity contribution in [1.82, 2.24) is 4.98 Å². The number of hydrogen-bond donors (Lipinski definition) is 2. The van der Waals surface area contributed by atoms with E-state index >= 15 is 0 Å². The zero-order valence-electron chi connectivity index (χ0n) is 13.0. The molecular weight excluding hydrogens is 302 g/mol. The molecule has 0 bridgehead atoms. The summed E-state index contributed by atoms with van der Waals surface area (Å²) in [5, 5.41) is 5.04. The number of nitrogen functional groups attached to an aromatic ring is 1. The molecule has 1 amide bonds. The molecule has 2 aromatic rings. The number of nitrogens with two attached hydrogens (primary N) is 1. The Kier molecular flexibility index (Phi) is 4.56. The lowest BCUT2D eigenvalue weighted by atomic mass is 10.1. The highest BCUT2D eigenvalue weighted by molar-refractivity contribution is 7.13. The molecule has 1 aromatic carbocycles. The van der Waals surface area contributed by atoms with Crippen LogP contribution in [0.25, 0.3) is 11.3 Å². The van der Waals surface area contributed by atoms with E-state index < -0.39 is 11.7 Å². The highest BCUT2D eigenvalue weighted by Crippen LogP contribution is 2.32. The van der Waals surface area contributed by atoms with Gasteiger partial charge in [0.25, 0.3) is 0 Å². The van der Waals surface area contributed by atoms with E-state index in [4.69, 9.17) is 15.2 Å². The zero-order chi connectivity index (χ0) is 16.3. The highest BCUT2D eigenvalue weighted by atomic mass is 32.1. The Labute approximate surface area is 133 Å². The second-order valence-corrected chi connectivity index (χ2v) is 6.50. The van der Waals surface area contributed by atoms with Crippen molar-refractivity contribution in [2.75, 3.05) is 18.2 Å². The largest absolute Gasteiger partial charge is 0.495 e. The Balaban J connectivity index is 2.21. The number of carbonyl (C=O) groups is 1. The Hall–Kier alpha value is -2.28. The number of ether oxygens (including phenoxy) is 2. The number of rotatable bonds is 3. The molecule has 22 heavy (non-hydrogen) atoms. The van der Waals surface area contributed by atoms with Crippen LogP contribution in [0.4, 0.5) is 15.6 Å². The van der Waals surface area contributed by atoms with Crippen molar-refractivity contribution in [2.24, 2.45) is 0 Å². The van der Waals surface area contributed by atoms with E-state index in [-0.39, 0.29) is 0 Å². The first-order chi connectivity index (χ1) is 10.3. The number of nitrogens with one attached hydrogen (secondary N) is 1. The number of methoxy groups -OCH3 is 1. The maximum absolute atomic E-state index is 11.8. The van der Waals surface area contributed by atoms with E-state index in [1.165, 1.54) is 18.4 Å². The third-order valence-corrected chi connectivity index (χ3v) is 3.33. The summed E-state index contributed by atoms with van der Waals surface area (Å²) in [5.74, 6) is 0.523. The fourth-order valence-corrected chi connectivity index (χ4v) is 2.36. The summed E-state index contributed by atoms with van der Waals surface area (Å²) in [6.45, 7) is 5.42. The predicted molar refractivity (Wildman–Crippen MR) is 88.4 cm³/mol. The first-order valence-corrected chi connectivity index (χ1v) is 7.56. The number of nitrogens with zero attached hydrogens (tertiary/aromatic N) is 1. The standard InChI is InChI=1S/C15H19N3O3S/c1-15(2,3)21-14(19)18-10-6-5-9(7-12(10)20-4)11-8-22-13(16)17-11/h5-8H,1-4H3,(H2,16,17)(H,18,19). The molecule has 3 N–H and O–H groups in total. The van der Waals surface area contributed by atoms with E-state index in [9.17, 15) is 4.79 Å². The van der Waals surface area contributed by atoms with Crippen molar-refractivity contribution in [2.45, 2.75) is 26.4 Å². The van der Waals surface area contributed by atoms with E-state index in [1.807, 2.05) is 11.4 Å². The van der Waals surface area contributed by atoms with Crippen molar-refractivity contribution in [3.8, 4) is 17.0 Å². The number of amides is 1. The molecule has 0 spiro atoms. The smallest absolute Gasteiger partial charge is 0.412 e. The number of anilines is 2. The average molecular weight is 321 g/mol. The summed E-state index contributed by atoms with van der Waals surface area (Å²) in [7, 11) is 1.54. The number of hydrogen-bond acceptors (Lipinski definition) is 6. The van der Waals surface area contributed by atoms with Gasteiger partial charge in [0.15, 0.2) is 5.13 Å². The molecule has 0 radical (unpaired) electrons. The molecule has 1 heterocycles. The van der Waals surface area contributed by atoms with Crippen LogP contribution in [0.15, 0.2) is 23.6 Å². The molecule has 118 valence electrons. The van der Waals surface area contributed by atoms with Gasteiger partial charge < -0.3 is 15.2 Å². The van der Waals surface area contributed by atoms with Crippen LogP contribution in [-0.4, -0.2) is 23.8 Å². The van der Waals surface area contributed by atoms with Gasteiger partial charge in [0.05, 0.1) is 18.5 Å². The first-order valence-electron chi connectivity index (χ1n) is 6.68. The van der Waals surface area contributed by atoms with Gasteiger partial charge in [-0.2, -0.15) is 0 Å². The number of benzene rings is 1. The Bertz CT molecular complexity index is 677. The molecule has 0 saturated heterocycles. The van der Waals surface area contributed by atoms with Gasteiger partial charge in [0.1, 0.15) is 11.4 Å². The van der Waals surface area contributed by atoms with Crippen LogP contribution >= 0.6 is 11.3 Å². The van der Waals surface area contributed by atoms with Gasteiger partial charge in [-0.15, -0.1) is 11.3 Å². The molecule has 0 atom stereocenters. The van der Waals surface area contributed by atoms with E-state index in [1.54, 1.807) is 32.9 Å². The van der Waals surface area contributed by atoms with Crippen LogP contribution in [0, 0.1) is 0 Å². The van der Waals surface area contributed by atoms with Gasteiger partial charge in [-0.05, 0) is 32.9 Å². The summed E-state index contributed by atoms with van der Waals surface area (Å²) in [6, 6.07) is 5.37. The summed E-state index contributed by atoms with van der Waals surface area (Å²) in [5.41, 5.74) is 7.24. The minimum absolute atomic E-state index is 0.505. The summed E-state index contributed by atoms with van der Waals surface area (Å²) >= 11 is 1.37. The van der Waals surface area contributed by atoms with E-state index in [0.29, 0.717) is 16.6 Å². The number of thiazole rings is 1. The number of aromatic nitrogens is 1. The molecule has 0 unspecified atom stereocenters. The normalized spacial score (nSPS) is 11.1. The van der Waals surface area contributed by atoms with Crippen LogP contribution in [0.5, 0.6) is 5.75 Å². The molecule has 6 nitrogen and oxygen atoms in total. The fourth-order valence-electron chi connectivity index (χ4n) is 1.79. The Morgan fingerprint density at radius 2 is 2.09 bits per heavy atom. The van der Waals surface area contributed by atoms with E-state index in [2.05, 4.69) is 10.3 Å². The lowest BCUT2D eigenvalue weighted by Gasteiger charge is -2.20. The summed E-state index contributed by atoms with van der Waals surface area (Å²) < 4.78 is 10.5. The molecule has 1 aromatic heterocycles. The zero-order valence-corrected chi connectivity index (χ0v) is 13.8. The van der Waals surface area contributed by atoms with Gasteiger partial charge in [-0.25, -0.2) is 9.78 Å². The highest BCUT2D eigenvalue weighted by Gasteiger charge is 2.18. The lowest BCUT2D eigenvalue weighted by Crippen LogP contribution is -2.27. The molecule has 2 rings (SSSR count). The Morgan fingerprint density at radius 1 is 1.36 bits per heavy atom. The Morgan fingerprint density at radius 3 is 2.64 bits per heavy atom. The SMILES string of the molecule is COc1cc(-c2csc(N)n2)ccc1NC(=O)OC(C)(C)C. The third-order valence-electron chi connectivity index (χ3n) is 2.65. The minimum atomic E-state index is -0.560. The van der Waals surface area contributed by atoms with Crippen LogP contribution in [0.2, 0.25) is 0 Å². The molecule has 7 heteroatoms. The molecular formula is C15H19N3O3S. The monoisotopic (exact) mass is 321 g/mol. The second kappa shape index (κ2) is 6.23. The first kappa shape index (κ1) is 16.1. The molecule has 0 aliphatic rings. The van der Waals surface area contributed by atoms with Crippen LogP contribution in [-0.2, 0) is 4.74 Å². The molecule has 0 saturated carbocycles. The quantitative estimate of drug-likeness (QED) is 0.899.